The van der Waals surface area contributed by atoms with Crippen LogP contribution in [-0.2, 0) is 6.18 Å². The van der Waals surface area contributed by atoms with Crippen molar-refractivity contribution < 1.29 is 22.7 Å². The number of hydrogen-bond donors (Lipinski definition) is 0. The molecule has 0 aliphatic heterocycles. The lowest BCUT2D eigenvalue weighted by molar-refractivity contribution is -0.137. The monoisotopic (exact) mass is 372 g/mol. The number of para-hydroxylation sites is 1. The quantitative estimate of drug-likeness (QED) is 0.635. The Morgan fingerprint density at radius 2 is 1.74 bits per heavy atom. The van der Waals surface area contributed by atoms with Gasteiger partial charge in [-0.15, -0.1) is 0 Å². The second-order valence-corrected chi connectivity index (χ2v) is 5.68. The van der Waals surface area contributed by atoms with Crippen LogP contribution in [0.3, 0.4) is 0 Å². The van der Waals surface area contributed by atoms with Crippen molar-refractivity contribution in [2.24, 2.45) is 0 Å². The van der Waals surface area contributed by atoms with Gasteiger partial charge in [-0.3, -0.25) is 4.79 Å². The molecule has 27 heavy (non-hydrogen) atoms. The van der Waals surface area contributed by atoms with Gasteiger partial charge >= 0.3 is 6.18 Å². The van der Waals surface area contributed by atoms with E-state index in [0.717, 1.165) is 12.1 Å². The highest BCUT2D eigenvalue weighted by atomic mass is 19.4. The van der Waals surface area contributed by atoms with E-state index in [0.29, 0.717) is 5.69 Å². The Labute approximate surface area is 153 Å². The predicted octanol–water partition coefficient (Wildman–Crippen LogP) is 5.17. The standard InChI is InChI=1S/C20H15F3N2O2/c1-25(15-8-3-2-4-9-15)19(26)17-11-6-12-24-18(17)27-16-10-5-7-14(13-16)20(21,22)23/h2-13H,1H3. The van der Waals surface area contributed by atoms with Gasteiger partial charge in [0.05, 0.1) is 5.56 Å². The molecular formula is C20H15F3N2O2. The van der Waals surface area contributed by atoms with Gasteiger partial charge in [-0.05, 0) is 42.5 Å². The van der Waals surface area contributed by atoms with Crippen molar-refractivity contribution in [1.29, 1.82) is 0 Å². The Bertz CT molecular complexity index is 943. The van der Waals surface area contributed by atoms with Crippen molar-refractivity contribution in [3.8, 4) is 11.6 Å². The van der Waals surface area contributed by atoms with Crippen LogP contribution in [0.25, 0.3) is 0 Å². The average molecular weight is 372 g/mol. The highest BCUT2D eigenvalue weighted by Gasteiger charge is 2.30. The molecule has 0 spiro atoms. The third kappa shape index (κ3) is 4.25. The molecule has 0 atom stereocenters. The number of alkyl halides is 3. The number of nitrogens with zero attached hydrogens (tertiary/aromatic N) is 2. The SMILES string of the molecule is CN(C(=O)c1cccnc1Oc1cccc(C(F)(F)F)c1)c1ccccc1. The van der Waals surface area contributed by atoms with Crippen molar-refractivity contribution in [3.05, 3.63) is 84.1 Å². The van der Waals surface area contributed by atoms with Gasteiger partial charge in [0.15, 0.2) is 0 Å². The summed E-state index contributed by atoms with van der Waals surface area (Å²) in [6.45, 7) is 0. The van der Waals surface area contributed by atoms with E-state index in [1.165, 1.54) is 29.3 Å². The summed E-state index contributed by atoms with van der Waals surface area (Å²) < 4.78 is 44.1. The van der Waals surface area contributed by atoms with Gasteiger partial charge in [-0.1, -0.05) is 24.3 Å². The van der Waals surface area contributed by atoms with Crippen LogP contribution in [0.1, 0.15) is 15.9 Å². The molecule has 3 rings (SSSR count). The van der Waals surface area contributed by atoms with Crippen LogP contribution in [0.5, 0.6) is 11.6 Å². The van der Waals surface area contributed by atoms with Crippen LogP contribution in [0.15, 0.2) is 72.9 Å². The van der Waals surface area contributed by atoms with E-state index in [-0.39, 0.29) is 17.2 Å². The number of benzene rings is 2. The minimum atomic E-state index is -4.49. The van der Waals surface area contributed by atoms with Crippen molar-refractivity contribution in [3.63, 3.8) is 0 Å². The van der Waals surface area contributed by atoms with Gasteiger partial charge in [-0.2, -0.15) is 13.2 Å². The zero-order valence-electron chi connectivity index (χ0n) is 14.3. The molecule has 1 heterocycles. The molecule has 7 heteroatoms. The summed E-state index contributed by atoms with van der Waals surface area (Å²) in [5, 5.41) is 0. The minimum Gasteiger partial charge on any atom is -0.438 e. The molecule has 138 valence electrons. The third-order valence-corrected chi connectivity index (χ3v) is 3.83. The predicted molar refractivity (Wildman–Crippen MR) is 94.9 cm³/mol. The van der Waals surface area contributed by atoms with Crippen LogP contribution in [0.4, 0.5) is 18.9 Å². The first kappa shape index (κ1) is 18.4. The maximum Gasteiger partial charge on any atom is 0.416 e. The van der Waals surface area contributed by atoms with Crippen molar-refractivity contribution in [1.82, 2.24) is 4.98 Å². The molecular weight excluding hydrogens is 357 g/mol. The van der Waals surface area contributed by atoms with E-state index in [2.05, 4.69) is 4.98 Å². The molecule has 0 radical (unpaired) electrons. The Balaban J connectivity index is 1.90. The lowest BCUT2D eigenvalue weighted by Crippen LogP contribution is -2.26. The number of rotatable bonds is 4. The van der Waals surface area contributed by atoms with E-state index in [1.54, 1.807) is 37.4 Å². The summed E-state index contributed by atoms with van der Waals surface area (Å²) in [6, 6.07) is 16.4. The Morgan fingerprint density at radius 3 is 2.44 bits per heavy atom. The molecule has 0 bridgehead atoms. The largest absolute Gasteiger partial charge is 0.438 e. The number of halogens is 3. The lowest BCUT2D eigenvalue weighted by Gasteiger charge is -2.18. The number of amides is 1. The number of ether oxygens (including phenoxy) is 1. The summed E-state index contributed by atoms with van der Waals surface area (Å²) in [5.41, 5.74) is -0.0390. The second-order valence-electron chi connectivity index (χ2n) is 5.68. The molecule has 0 unspecified atom stereocenters. The molecule has 1 amide bonds. The number of carbonyl (C=O) groups is 1. The highest BCUT2D eigenvalue weighted by molar-refractivity contribution is 6.07. The molecule has 0 fully saturated rings. The molecule has 0 saturated heterocycles. The number of hydrogen-bond acceptors (Lipinski definition) is 3. The van der Waals surface area contributed by atoms with Gasteiger partial charge in [0.25, 0.3) is 5.91 Å². The van der Waals surface area contributed by atoms with Crippen molar-refractivity contribution >= 4 is 11.6 Å². The van der Waals surface area contributed by atoms with Crippen LogP contribution in [-0.4, -0.2) is 17.9 Å². The minimum absolute atomic E-state index is 0.0556. The van der Waals surface area contributed by atoms with Gasteiger partial charge in [-0.25, -0.2) is 4.98 Å². The van der Waals surface area contributed by atoms with E-state index >= 15 is 0 Å². The average Bonchev–Trinajstić information content (AvgIpc) is 2.67. The van der Waals surface area contributed by atoms with Crippen molar-refractivity contribution in [2.45, 2.75) is 6.18 Å². The topological polar surface area (TPSA) is 42.4 Å². The molecule has 4 nitrogen and oxygen atoms in total. The molecule has 0 aliphatic carbocycles. The number of carbonyl (C=O) groups excluding carboxylic acids is 1. The normalized spacial score (nSPS) is 11.1. The summed E-state index contributed by atoms with van der Waals surface area (Å²) in [6.07, 6.45) is -3.09. The summed E-state index contributed by atoms with van der Waals surface area (Å²) in [5.74, 6) is -0.513. The molecule has 1 aromatic heterocycles. The van der Waals surface area contributed by atoms with Crippen LogP contribution >= 0.6 is 0 Å². The smallest absolute Gasteiger partial charge is 0.416 e. The van der Waals surface area contributed by atoms with E-state index in [1.807, 2.05) is 6.07 Å². The Hall–Kier alpha value is -3.35. The zero-order chi connectivity index (χ0) is 19.4. The van der Waals surface area contributed by atoms with Gasteiger partial charge < -0.3 is 9.64 Å². The first-order chi connectivity index (χ1) is 12.9. The highest BCUT2D eigenvalue weighted by Crippen LogP contribution is 2.33. The molecule has 3 aromatic rings. The maximum atomic E-state index is 12.9. The van der Waals surface area contributed by atoms with Gasteiger partial charge in [0.1, 0.15) is 11.3 Å². The third-order valence-electron chi connectivity index (χ3n) is 3.83. The number of anilines is 1. The summed E-state index contributed by atoms with van der Waals surface area (Å²) in [7, 11) is 1.60. The molecule has 0 N–H and O–H groups in total. The molecule has 2 aromatic carbocycles. The van der Waals surface area contributed by atoms with E-state index < -0.39 is 17.6 Å². The van der Waals surface area contributed by atoms with Crippen LogP contribution in [0, 0.1) is 0 Å². The van der Waals surface area contributed by atoms with Gasteiger partial charge in [0.2, 0.25) is 5.88 Å². The first-order valence-electron chi connectivity index (χ1n) is 7.99. The number of pyridine rings is 1. The van der Waals surface area contributed by atoms with Gasteiger partial charge in [0, 0.05) is 18.9 Å². The molecule has 0 saturated carbocycles. The van der Waals surface area contributed by atoms with Crippen LogP contribution in [0.2, 0.25) is 0 Å². The lowest BCUT2D eigenvalue weighted by atomic mass is 10.2. The Morgan fingerprint density at radius 1 is 1.00 bits per heavy atom. The van der Waals surface area contributed by atoms with Crippen LogP contribution < -0.4 is 9.64 Å². The fourth-order valence-corrected chi connectivity index (χ4v) is 2.43. The summed E-state index contributed by atoms with van der Waals surface area (Å²) >= 11 is 0. The van der Waals surface area contributed by atoms with E-state index in [4.69, 9.17) is 4.74 Å². The maximum absolute atomic E-state index is 12.9. The van der Waals surface area contributed by atoms with E-state index in [9.17, 15) is 18.0 Å². The summed E-state index contributed by atoms with van der Waals surface area (Å²) in [4.78, 5) is 18.2. The first-order valence-corrected chi connectivity index (χ1v) is 7.99. The fourth-order valence-electron chi connectivity index (χ4n) is 2.43. The second kappa shape index (κ2) is 7.49. The Kier molecular flexibility index (Phi) is 5.12. The zero-order valence-corrected chi connectivity index (χ0v) is 14.3. The molecule has 0 aliphatic rings. The van der Waals surface area contributed by atoms with Crippen molar-refractivity contribution in [2.75, 3.05) is 11.9 Å². The number of aromatic nitrogens is 1. The fraction of sp³-hybridized carbons (Fsp3) is 0.100.